The predicted molar refractivity (Wildman–Crippen MR) is 52.6 cm³/mol. The summed E-state index contributed by atoms with van der Waals surface area (Å²) in [6.45, 7) is 4.36. The third-order valence-electron chi connectivity index (χ3n) is 2.33. The molecule has 0 aliphatic rings. The summed E-state index contributed by atoms with van der Waals surface area (Å²) >= 11 is 1.01. The van der Waals surface area contributed by atoms with Crippen LogP contribution in [0.15, 0.2) is 0 Å². The normalized spacial score (nSPS) is 13.2. The first-order chi connectivity index (χ1) is 6.31. The van der Waals surface area contributed by atoms with Gasteiger partial charge in [-0.25, -0.2) is 8.78 Å². The molecule has 1 aromatic rings. The fraction of sp³-hybridized carbons (Fsp3) is 0.750. The first-order valence-corrected chi connectivity index (χ1v) is 5.10. The van der Waals surface area contributed by atoms with E-state index in [2.05, 4.69) is 10.2 Å². The van der Waals surface area contributed by atoms with Gasteiger partial charge >= 0.3 is 0 Å². The van der Waals surface area contributed by atoms with Crippen molar-refractivity contribution in [2.45, 2.75) is 38.5 Å². The highest BCUT2D eigenvalue weighted by Crippen LogP contribution is 2.42. The zero-order chi connectivity index (χ0) is 11.0. The van der Waals surface area contributed by atoms with E-state index in [1.54, 1.807) is 0 Å². The van der Waals surface area contributed by atoms with Gasteiger partial charge in [-0.1, -0.05) is 18.3 Å². The maximum atomic E-state index is 13.5. The highest BCUT2D eigenvalue weighted by atomic mass is 32.1. The van der Waals surface area contributed by atoms with Gasteiger partial charge in [-0.3, -0.25) is 0 Å². The van der Waals surface area contributed by atoms with Crippen molar-refractivity contribution in [2.75, 3.05) is 5.73 Å². The maximum Gasteiger partial charge on any atom is 0.259 e. The SMILES string of the molecule is CCC(F)(F)C(C)(C)c1nnc(N)s1. The highest BCUT2D eigenvalue weighted by Gasteiger charge is 2.48. The van der Waals surface area contributed by atoms with Crippen molar-refractivity contribution in [3.8, 4) is 0 Å². The van der Waals surface area contributed by atoms with Gasteiger partial charge in [-0.2, -0.15) is 0 Å². The third kappa shape index (κ3) is 1.70. The summed E-state index contributed by atoms with van der Waals surface area (Å²) in [4.78, 5) is 0. The molecule has 0 saturated carbocycles. The maximum absolute atomic E-state index is 13.5. The van der Waals surface area contributed by atoms with Gasteiger partial charge in [0, 0.05) is 6.42 Å². The minimum absolute atomic E-state index is 0.222. The molecule has 0 fully saturated rings. The van der Waals surface area contributed by atoms with E-state index in [1.807, 2.05) is 0 Å². The molecule has 0 aromatic carbocycles. The number of nitrogen functional groups attached to an aromatic ring is 1. The number of aromatic nitrogens is 2. The summed E-state index contributed by atoms with van der Waals surface area (Å²) in [6.07, 6.45) is -0.223. The molecule has 2 N–H and O–H groups in total. The van der Waals surface area contributed by atoms with E-state index < -0.39 is 11.3 Å². The molecule has 1 heterocycles. The Morgan fingerprint density at radius 1 is 1.36 bits per heavy atom. The van der Waals surface area contributed by atoms with Gasteiger partial charge in [0.15, 0.2) is 0 Å². The van der Waals surface area contributed by atoms with Crippen LogP contribution in [-0.4, -0.2) is 16.1 Å². The summed E-state index contributed by atoms with van der Waals surface area (Å²) in [7, 11) is 0. The monoisotopic (exact) mass is 221 g/mol. The number of anilines is 1. The zero-order valence-electron chi connectivity index (χ0n) is 8.34. The number of hydrogen-bond acceptors (Lipinski definition) is 4. The van der Waals surface area contributed by atoms with Crippen molar-refractivity contribution in [2.24, 2.45) is 0 Å². The molecule has 0 aliphatic carbocycles. The van der Waals surface area contributed by atoms with E-state index in [9.17, 15) is 8.78 Å². The number of halogens is 2. The lowest BCUT2D eigenvalue weighted by molar-refractivity contribution is -0.0685. The van der Waals surface area contributed by atoms with Crippen LogP contribution in [0.2, 0.25) is 0 Å². The van der Waals surface area contributed by atoms with Crippen molar-refractivity contribution in [1.29, 1.82) is 0 Å². The minimum Gasteiger partial charge on any atom is -0.374 e. The van der Waals surface area contributed by atoms with Gasteiger partial charge in [-0.05, 0) is 13.8 Å². The third-order valence-corrected chi connectivity index (χ3v) is 3.41. The fourth-order valence-corrected chi connectivity index (χ4v) is 1.85. The fourth-order valence-electron chi connectivity index (χ4n) is 1.09. The molecule has 0 radical (unpaired) electrons. The number of hydrogen-bond donors (Lipinski definition) is 1. The Kier molecular flexibility index (Phi) is 2.76. The summed E-state index contributed by atoms with van der Waals surface area (Å²) in [5.74, 6) is -2.79. The number of nitrogens with zero attached hydrogens (tertiary/aromatic N) is 2. The second-order valence-electron chi connectivity index (χ2n) is 3.63. The first-order valence-electron chi connectivity index (χ1n) is 4.28. The lowest BCUT2D eigenvalue weighted by atomic mass is 9.85. The van der Waals surface area contributed by atoms with Crippen LogP contribution in [0.25, 0.3) is 0 Å². The molecule has 6 heteroatoms. The van der Waals surface area contributed by atoms with Crippen LogP contribution < -0.4 is 5.73 Å². The van der Waals surface area contributed by atoms with Crippen LogP contribution in [-0.2, 0) is 5.41 Å². The molecule has 1 aromatic heterocycles. The van der Waals surface area contributed by atoms with Crippen molar-refractivity contribution in [3.63, 3.8) is 0 Å². The summed E-state index contributed by atoms with van der Waals surface area (Å²) < 4.78 is 27.0. The van der Waals surface area contributed by atoms with Crippen molar-refractivity contribution in [1.82, 2.24) is 10.2 Å². The predicted octanol–water partition coefficient (Wildman–Crippen LogP) is 2.44. The van der Waals surface area contributed by atoms with E-state index >= 15 is 0 Å². The van der Waals surface area contributed by atoms with Crippen LogP contribution in [0.5, 0.6) is 0 Å². The molecular formula is C8H13F2N3S. The molecule has 0 aliphatic heterocycles. The Morgan fingerprint density at radius 3 is 2.29 bits per heavy atom. The zero-order valence-corrected chi connectivity index (χ0v) is 9.16. The van der Waals surface area contributed by atoms with Gasteiger partial charge in [-0.15, -0.1) is 10.2 Å². The van der Waals surface area contributed by atoms with Gasteiger partial charge in [0.2, 0.25) is 5.13 Å². The molecular weight excluding hydrogens is 208 g/mol. The molecule has 80 valence electrons. The van der Waals surface area contributed by atoms with E-state index in [-0.39, 0.29) is 16.6 Å². The van der Waals surface area contributed by atoms with E-state index in [0.29, 0.717) is 0 Å². The lowest BCUT2D eigenvalue weighted by Crippen LogP contribution is -2.39. The standard InChI is InChI=1S/C8H13F2N3S/c1-4-8(9,10)7(2,3)5-12-13-6(11)14-5/h4H2,1-3H3,(H2,11,13). The summed E-state index contributed by atoms with van der Waals surface area (Å²) in [5.41, 5.74) is 4.05. The Bertz CT molecular complexity index is 322. The molecule has 0 unspecified atom stereocenters. The van der Waals surface area contributed by atoms with Gasteiger partial charge < -0.3 is 5.73 Å². The average molecular weight is 221 g/mol. The Morgan fingerprint density at radius 2 is 1.93 bits per heavy atom. The van der Waals surface area contributed by atoms with Crippen LogP contribution >= 0.6 is 11.3 Å². The average Bonchev–Trinajstić information content (AvgIpc) is 2.52. The molecule has 0 spiro atoms. The Hall–Kier alpha value is -0.780. The lowest BCUT2D eigenvalue weighted by Gasteiger charge is -2.30. The minimum atomic E-state index is -2.79. The molecule has 3 nitrogen and oxygen atoms in total. The summed E-state index contributed by atoms with van der Waals surface area (Å²) in [5, 5.41) is 7.71. The van der Waals surface area contributed by atoms with Gasteiger partial charge in [0.05, 0.1) is 5.41 Å². The van der Waals surface area contributed by atoms with Gasteiger partial charge in [0.25, 0.3) is 5.92 Å². The second kappa shape index (κ2) is 3.42. The first kappa shape index (κ1) is 11.3. The van der Waals surface area contributed by atoms with Crippen molar-refractivity contribution >= 4 is 16.5 Å². The Labute approximate surface area is 85.3 Å². The second-order valence-corrected chi connectivity index (χ2v) is 4.64. The van der Waals surface area contributed by atoms with Crippen LogP contribution in [0.1, 0.15) is 32.2 Å². The Balaban J connectivity index is 3.07. The number of rotatable bonds is 3. The van der Waals surface area contributed by atoms with E-state index in [1.165, 1.54) is 20.8 Å². The van der Waals surface area contributed by atoms with Gasteiger partial charge in [0.1, 0.15) is 5.01 Å². The van der Waals surface area contributed by atoms with Crippen LogP contribution in [0.3, 0.4) is 0 Å². The number of alkyl halides is 2. The smallest absolute Gasteiger partial charge is 0.259 e. The highest BCUT2D eigenvalue weighted by molar-refractivity contribution is 7.15. The van der Waals surface area contributed by atoms with E-state index in [4.69, 9.17) is 5.73 Å². The molecule has 14 heavy (non-hydrogen) atoms. The molecule has 1 rings (SSSR count). The molecule has 0 bridgehead atoms. The van der Waals surface area contributed by atoms with Crippen LogP contribution in [0.4, 0.5) is 13.9 Å². The summed E-state index contributed by atoms with van der Waals surface area (Å²) in [6, 6.07) is 0. The van der Waals surface area contributed by atoms with E-state index in [0.717, 1.165) is 11.3 Å². The van der Waals surface area contributed by atoms with Crippen molar-refractivity contribution in [3.05, 3.63) is 5.01 Å². The molecule has 0 amide bonds. The largest absolute Gasteiger partial charge is 0.374 e. The van der Waals surface area contributed by atoms with Crippen molar-refractivity contribution < 1.29 is 8.78 Å². The van der Waals surface area contributed by atoms with Crippen LogP contribution in [0, 0.1) is 0 Å². The number of nitrogens with two attached hydrogens (primary N) is 1. The molecule has 0 atom stereocenters. The quantitative estimate of drug-likeness (QED) is 0.852. The topological polar surface area (TPSA) is 51.8 Å². The molecule has 0 saturated heterocycles.